The Hall–Kier alpha value is -1.80. The van der Waals surface area contributed by atoms with E-state index in [1.165, 1.54) is 68.6 Å². The van der Waals surface area contributed by atoms with E-state index >= 15 is 0 Å². The Labute approximate surface area is 184 Å². The number of hydrogen-bond donors (Lipinski definition) is 0. The highest BCUT2D eigenvalue weighted by molar-refractivity contribution is 5.48. The van der Waals surface area contributed by atoms with Crippen molar-refractivity contribution in [2.45, 2.75) is 64.7 Å². The number of benzene rings is 2. The number of anilines is 1. The Morgan fingerprint density at radius 1 is 0.833 bits per heavy atom. The van der Waals surface area contributed by atoms with Crippen LogP contribution in [0.1, 0.15) is 74.5 Å². The fourth-order valence-corrected chi connectivity index (χ4v) is 5.54. The van der Waals surface area contributed by atoms with Crippen LogP contribution in [-0.4, -0.2) is 37.6 Å². The summed E-state index contributed by atoms with van der Waals surface area (Å²) in [6, 6.07) is 18.8. The van der Waals surface area contributed by atoms with Gasteiger partial charge in [-0.2, -0.15) is 0 Å². The molecule has 0 aromatic heterocycles. The highest BCUT2D eigenvalue weighted by Gasteiger charge is 2.24. The smallest absolute Gasteiger partial charge is 0.0367 e. The number of aryl methyl sites for hydroxylation is 1. The topological polar surface area (TPSA) is 6.48 Å². The molecule has 0 bridgehead atoms. The van der Waals surface area contributed by atoms with Crippen molar-refractivity contribution in [3.8, 4) is 0 Å². The van der Waals surface area contributed by atoms with Crippen LogP contribution in [0.3, 0.4) is 0 Å². The van der Waals surface area contributed by atoms with E-state index < -0.39 is 0 Å². The summed E-state index contributed by atoms with van der Waals surface area (Å²) in [4.78, 5) is 5.09. The molecule has 0 amide bonds. The molecule has 1 atom stereocenters. The zero-order valence-corrected chi connectivity index (χ0v) is 19.3. The second kappa shape index (κ2) is 10.0. The molecule has 2 aromatic carbocycles. The van der Waals surface area contributed by atoms with Crippen molar-refractivity contribution in [2.24, 2.45) is 5.92 Å². The van der Waals surface area contributed by atoms with Gasteiger partial charge in [0.2, 0.25) is 0 Å². The molecular weight excluding hydrogens is 364 g/mol. The van der Waals surface area contributed by atoms with E-state index in [0.717, 1.165) is 24.9 Å². The Morgan fingerprint density at radius 2 is 1.47 bits per heavy atom. The first-order valence-electron chi connectivity index (χ1n) is 12.3. The van der Waals surface area contributed by atoms with Gasteiger partial charge < -0.3 is 9.80 Å². The number of likely N-dealkylation sites (N-methyl/N-ethyl adjacent to an activating group) is 1. The van der Waals surface area contributed by atoms with E-state index in [9.17, 15) is 0 Å². The van der Waals surface area contributed by atoms with Crippen molar-refractivity contribution in [3.63, 3.8) is 0 Å². The molecular formula is C28H40N2. The van der Waals surface area contributed by atoms with Gasteiger partial charge in [0.1, 0.15) is 0 Å². The van der Waals surface area contributed by atoms with E-state index in [2.05, 4.69) is 79.1 Å². The summed E-state index contributed by atoms with van der Waals surface area (Å²) < 4.78 is 0. The predicted molar refractivity (Wildman–Crippen MR) is 130 cm³/mol. The summed E-state index contributed by atoms with van der Waals surface area (Å²) in [5.41, 5.74) is 5.85. The van der Waals surface area contributed by atoms with Gasteiger partial charge in [-0.1, -0.05) is 55.8 Å². The van der Waals surface area contributed by atoms with E-state index in [4.69, 9.17) is 0 Å². The first kappa shape index (κ1) is 21.4. The Bertz CT molecular complexity index is 763. The maximum absolute atomic E-state index is 2.55. The summed E-state index contributed by atoms with van der Waals surface area (Å²) >= 11 is 0. The molecule has 1 aliphatic heterocycles. The molecule has 0 N–H and O–H groups in total. The second-order valence-corrected chi connectivity index (χ2v) is 9.78. The fraction of sp³-hybridized carbons (Fsp3) is 0.571. The SMILES string of the molecule is CCN1CCN(c2ccc(C(C)CC3CCC(c4ccc(C)cc4)CC3)cc2)CC1. The average molecular weight is 405 g/mol. The van der Waals surface area contributed by atoms with E-state index in [1.807, 2.05) is 0 Å². The number of rotatable bonds is 6. The summed E-state index contributed by atoms with van der Waals surface area (Å²) in [6.07, 6.45) is 6.85. The van der Waals surface area contributed by atoms with E-state index in [-0.39, 0.29) is 0 Å². The minimum absolute atomic E-state index is 0.664. The van der Waals surface area contributed by atoms with E-state index in [1.54, 1.807) is 5.56 Å². The number of hydrogen-bond acceptors (Lipinski definition) is 2. The molecule has 30 heavy (non-hydrogen) atoms. The maximum Gasteiger partial charge on any atom is 0.0367 e. The first-order valence-corrected chi connectivity index (χ1v) is 12.3. The molecule has 162 valence electrons. The molecule has 2 fully saturated rings. The van der Waals surface area contributed by atoms with Crippen LogP contribution in [0.15, 0.2) is 48.5 Å². The highest BCUT2D eigenvalue weighted by Crippen LogP contribution is 2.39. The molecule has 0 radical (unpaired) electrons. The molecule has 1 aliphatic carbocycles. The highest BCUT2D eigenvalue weighted by atomic mass is 15.3. The molecule has 1 saturated heterocycles. The van der Waals surface area contributed by atoms with Gasteiger partial charge in [0.15, 0.2) is 0 Å². The van der Waals surface area contributed by atoms with E-state index in [0.29, 0.717) is 5.92 Å². The Morgan fingerprint density at radius 3 is 2.07 bits per heavy atom. The zero-order chi connectivity index (χ0) is 20.9. The molecule has 1 unspecified atom stereocenters. The predicted octanol–water partition coefficient (Wildman–Crippen LogP) is 6.60. The van der Waals surface area contributed by atoms with Crippen molar-refractivity contribution in [3.05, 3.63) is 65.2 Å². The van der Waals surface area contributed by atoms with Crippen LogP contribution in [0, 0.1) is 12.8 Å². The standard InChI is InChI=1S/C28H40N2/c1-4-29-17-19-30(20-18-29)28-15-13-25(14-16-28)23(3)21-24-7-11-27(12-8-24)26-9-5-22(2)6-10-26/h5-6,9-10,13-16,23-24,27H,4,7-8,11-12,17-21H2,1-3H3. The largest absolute Gasteiger partial charge is 0.369 e. The van der Waals surface area contributed by atoms with Gasteiger partial charge in [-0.3, -0.25) is 0 Å². The van der Waals surface area contributed by atoms with Crippen molar-refractivity contribution < 1.29 is 0 Å². The van der Waals surface area contributed by atoms with Crippen LogP contribution in [0.4, 0.5) is 5.69 Å². The number of nitrogens with zero attached hydrogens (tertiary/aromatic N) is 2. The average Bonchev–Trinajstić information content (AvgIpc) is 2.80. The monoisotopic (exact) mass is 404 g/mol. The fourth-order valence-electron chi connectivity index (χ4n) is 5.54. The molecule has 2 aliphatic rings. The van der Waals surface area contributed by atoms with Crippen LogP contribution >= 0.6 is 0 Å². The van der Waals surface area contributed by atoms with Crippen molar-refractivity contribution in [2.75, 3.05) is 37.6 Å². The van der Waals surface area contributed by atoms with Gasteiger partial charge in [0.05, 0.1) is 0 Å². The van der Waals surface area contributed by atoms with Gasteiger partial charge in [-0.05, 0) is 86.6 Å². The van der Waals surface area contributed by atoms with Gasteiger partial charge in [0, 0.05) is 31.9 Å². The quantitative estimate of drug-likeness (QED) is 0.535. The number of piperazine rings is 1. The third-order valence-corrected chi connectivity index (χ3v) is 7.73. The van der Waals surface area contributed by atoms with Crippen LogP contribution in [0.2, 0.25) is 0 Å². The van der Waals surface area contributed by atoms with Crippen LogP contribution < -0.4 is 4.90 Å². The Kier molecular flexibility index (Phi) is 7.15. The first-order chi connectivity index (χ1) is 14.6. The lowest BCUT2D eigenvalue weighted by Gasteiger charge is -2.35. The molecule has 2 nitrogen and oxygen atoms in total. The summed E-state index contributed by atoms with van der Waals surface area (Å²) in [5, 5.41) is 0. The summed E-state index contributed by atoms with van der Waals surface area (Å²) in [7, 11) is 0. The summed E-state index contributed by atoms with van der Waals surface area (Å²) in [6.45, 7) is 12.8. The molecule has 2 heteroatoms. The van der Waals surface area contributed by atoms with Crippen LogP contribution in [-0.2, 0) is 0 Å². The third-order valence-electron chi connectivity index (χ3n) is 7.73. The van der Waals surface area contributed by atoms with Gasteiger partial charge in [-0.25, -0.2) is 0 Å². The zero-order valence-electron chi connectivity index (χ0n) is 19.3. The summed E-state index contributed by atoms with van der Waals surface area (Å²) in [5.74, 6) is 2.34. The van der Waals surface area contributed by atoms with Gasteiger partial charge in [-0.15, -0.1) is 0 Å². The van der Waals surface area contributed by atoms with Crippen molar-refractivity contribution >= 4 is 5.69 Å². The maximum atomic E-state index is 2.55. The lowest BCUT2D eigenvalue weighted by molar-refractivity contribution is 0.271. The molecule has 2 aromatic rings. The lowest BCUT2D eigenvalue weighted by atomic mass is 9.75. The molecule has 0 spiro atoms. The van der Waals surface area contributed by atoms with Crippen LogP contribution in [0.25, 0.3) is 0 Å². The second-order valence-electron chi connectivity index (χ2n) is 9.78. The van der Waals surface area contributed by atoms with Crippen molar-refractivity contribution in [1.82, 2.24) is 4.90 Å². The minimum atomic E-state index is 0.664. The minimum Gasteiger partial charge on any atom is -0.369 e. The lowest BCUT2D eigenvalue weighted by Crippen LogP contribution is -2.46. The molecule has 1 heterocycles. The van der Waals surface area contributed by atoms with Crippen molar-refractivity contribution in [1.29, 1.82) is 0 Å². The van der Waals surface area contributed by atoms with Gasteiger partial charge >= 0.3 is 0 Å². The molecule has 4 rings (SSSR count). The Balaban J connectivity index is 1.26. The molecule has 1 saturated carbocycles. The van der Waals surface area contributed by atoms with Crippen LogP contribution in [0.5, 0.6) is 0 Å². The normalized spacial score (nSPS) is 24.0. The van der Waals surface area contributed by atoms with Gasteiger partial charge in [0.25, 0.3) is 0 Å². The third kappa shape index (κ3) is 5.27.